The van der Waals surface area contributed by atoms with Gasteiger partial charge in [0.25, 0.3) is 0 Å². The van der Waals surface area contributed by atoms with Crippen LogP contribution in [0.3, 0.4) is 0 Å². The van der Waals surface area contributed by atoms with Crippen LogP contribution < -0.4 is 5.73 Å². The summed E-state index contributed by atoms with van der Waals surface area (Å²) in [4.78, 5) is 9.91. The summed E-state index contributed by atoms with van der Waals surface area (Å²) in [5, 5.41) is 7.80. The maximum absolute atomic E-state index is 6.56. The van der Waals surface area contributed by atoms with Gasteiger partial charge in [0.2, 0.25) is 0 Å². The molecule has 3 heterocycles. The van der Waals surface area contributed by atoms with E-state index < -0.39 is 0 Å². The fourth-order valence-electron chi connectivity index (χ4n) is 5.23. The maximum Gasteiger partial charge on any atom is 0.0893 e. The Kier molecular flexibility index (Phi) is 5.57. The molecule has 0 saturated heterocycles. The van der Waals surface area contributed by atoms with Crippen molar-refractivity contribution in [3.05, 3.63) is 84.2 Å². The standard InChI is InChI=1S/C30H31N5/c1-2-15-35-20-24(18-33-35)27-17-23-16-26(21-7-4-3-5-8-21)29(34-28(23)19-32-27)22-9-11-25(12-10-22)30(31)13-6-14-30/h3-5,7-12,16-19,24H,2,6,13-15,20,31H2,1H3. The number of hydrogen-bond donors (Lipinski definition) is 1. The zero-order valence-electron chi connectivity index (χ0n) is 20.2. The number of fused-ring (bicyclic) bond motifs is 1. The second kappa shape index (κ2) is 8.90. The Morgan fingerprint density at radius 2 is 1.80 bits per heavy atom. The highest BCUT2D eigenvalue weighted by atomic mass is 15.5. The van der Waals surface area contributed by atoms with Gasteiger partial charge in [-0.2, -0.15) is 5.10 Å². The summed E-state index contributed by atoms with van der Waals surface area (Å²) in [7, 11) is 0. The lowest BCUT2D eigenvalue weighted by molar-refractivity contribution is 0.253. The minimum atomic E-state index is -0.159. The van der Waals surface area contributed by atoms with Gasteiger partial charge in [-0.05, 0) is 48.9 Å². The lowest BCUT2D eigenvalue weighted by Gasteiger charge is -2.38. The molecule has 2 aliphatic rings. The second-order valence-corrected chi connectivity index (χ2v) is 9.92. The third kappa shape index (κ3) is 4.10. The van der Waals surface area contributed by atoms with Crippen molar-refractivity contribution in [3.8, 4) is 22.4 Å². The summed E-state index contributed by atoms with van der Waals surface area (Å²) < 4.78 is 0. The van der Waals surface area contributed by atoms with Crippen molar-refractivity contribution in [2.45, 2.75) is 44.1 Å². The molecule has 1 atom stereocenters. The van der Waals surface area contributed by atoms with E-state index in [0.717, 1.165) is 71.3 Å². The Balaban J connectivity index is 1.41. The van der Waals surface area contributed by atoms with E-state index in [1.807, 2.05) is 12.4 Å². The van der Waals surface area contributed by atoms with Gasteiger partial charge in [0.15, 0.2) is 0 Å². The lowest BCUT2D eigenvalue weighted by atomic mass is 9.72. The van der Waals surface area contributed by atoms with E-state index in [1.165, 1.54) is 12.0 Å². The van der Waals surface area contributed by atoms with Crippen LogP contribution in [-0.2, 0) is 5.54 Å². The molecule has 6 rings (SSSR count). The lowest BCUT2D eigenvalue weighted by Crippen LogP contribution is -2.43. The molecule has 176 valence electrons. The van der Waals surface area contributed by atoms with Gasteiger partial charge in [0, 0.05) is 41.4 Å². The maximum atomic E-state index is 6.56. The van der Waals surface area contributed by atoms with Crippen molar-refractivity contribution in [2.75, 3.05) is 13.1 Å². The molecular formula is C30H31N5. The predicted molar refractivity (Wildman–Crippen MR) is 143 cm³/mol. The average molecular weight is 462 g/mol. The average Bonchev–Trinajstić information content (AvgIpc) is 3.36. The zero-order chi connectivity index (χ0) is 23.8. The monoisotopic (exact) mass is 461 g/mol. The first-order valence-corrected chi connectivity index (χ1v) is 12.7. The Bertz CT molecular complexity index is 1370. The minimum Gasteiger partial charge on any atom is -0.321 e. The van der Waals surface area contributed by atoms with Crippen molar-refractivity contribution in [1.82, 2.24) is 15.0 Å². The summed E-state index contributed by atoms with van der Waals surface area (Å²) in [5.41, 5.74) is 13.9. The first-order valence-electron chi connectivity index (χ1n) is 12.7. The minimum absolute atomic E-state index is 0.159. The number of rotatable bonds is 6. The Morgan fingerprint density at radius 3 is 2.51 bits per heavy atom. The highest BCUT2D eigenvalue weighted by molar-refractivity contribution is 5.91. The molecule has 1 fully saturated rings. The molecule has 1 aliphatic carbocycles. The third-order valence-corrected chi connectivity index (χ3v) is 7.47. The van der Waals surface area contributed by atoms with Gasteiger partial charge < -0.3 is 5.73 Å². The van der Waals surface area contributed by atoms with Crippen LogP contribution in [0.4, 0.5) is 0 Å². The van der Waals surface area contributed by atoms with Gasteiger partial charge in [-0.25, -0.2) is 4.98 Å². The molecule has 5 heteroatoms. The van der Waals surface area contributed by atoms with E-state index >= 15 is 0 Å². The van der Waals surface area contributed by atoms with Crippen LogP contribution in [0.1, 0.15) is 49.8 Å². The Labute approximate surface area is 206 Å². The van der Waals surface area contributed by atoms with Crippen LogP contribution >= 0.6 is 0 Å². The fourth-order valence-corrected chi connectivity index (χ4v) is 5.23. The van der Waals surface area contributed by atoms with E-state index in [4.69, 9.17) is 15.7 Å². The highest BCUT2D eigenvalue weighted by Gasteiger charge is 2.34. The number of hydrogen-bond acceptors (Lipinski definition) is 5. The van der Waals surface area contributed by atoms with Crippen LogP contribution in [0.25, 0.3) is 33.3 Å². The quantitative estimate of drug-likeness (QED) is 0.377. The van der Waals surface area contributed by atoms with Crippen LogP contribution in [0.15, 0.2) is 78.0 Å². The van der Waals surface area contributed by atoms with Crippen molar-refractivity contribution in [2.24, 2.45) is 10.8 Å². The third-order valence-electron chi connectivity index (χ3n) is 7.47. The van der Waals surface area contributed by atoms with Crippen LogP contribution in [0.2, 0.25) is 0 Å². The number of pyridine rings is 2. The summed E-state index contributed by atoms with van der Waals surface area (Å²) in [5.74, 6) is 0.216. The second-order valence-electron chi connectivity index (χ2n) is 9.92. The molecule has 35 heavy (non-hydrogen) atoms. The molecule has 2 aromatic carbocycles. The first-order chi connectivity index (χ1) is 17.1. The van der Waals surface area contributed by atoms with Gasteiger partial charge >= 0.3 is 0 Å². The summed E-state index contributed by atoms with van der Waals surface area (Å²) in [6.45, 7) is 4.05. The molecule has 1 aliphatic heterocycles. The van der Waals surface area contributed by atoms with Gasteiger partial charge in [-0.1, -0.05) is 61.5 Å². The van der Waals surface area contributed by atoms with Gasteiger partial charge in [0.05, 0.1) is 29.0 Å². The van der Waals surface area contributed by atoms with Gasteiger partial charge in [-0.3, -0.25) is 9.99 Å². The molecule has 5 nitrogen and oxygen atoms in total. The normalized spacial score (nSPS) is 18.7. The predicted octanol–water partition coefficient (Wildman–Crippen LogP) is 6.10. The first kappa shape index (κ1) is 21.9. The smallest absolute Gasteiger partial charge is 0.0893 e. The molecule has 0 spiro atoms. The van der Waals surface area contributed by atoms with Gasteiger partial charge in [0.1, 0.15) is 0 Å². The van der Waals surface area contributed by atoms with E-state index in [-0.39, 0.29) is 11.5 Å². The largest absolute Gasteiger partial charge is 0.321 e. The van der Waals surface area contributed by atoms with E-state index in [0.29, 0.717) is 0 Å². The van der Waals surface area contributed by atoms with Crippen LogP contribution in [-0.4, -0.2) is 34.3 Å². The number of aromatic nitrogens is 2. The topological polar surface area (TPSA) is 67.4 Å². The summed E-state index contributed by atoms with van der Waals surface area (Å²) >= 11 is 0. The number of benzene rings is 2. The molecule has 0 bridgehead atoms. The number of hydrazone groups is 1. The molecule has 0 radical (unpaired) electrons. The number of nitrogens with zero attached hydrogens (tertiary/aromatic N) is 4. The Hall–Kier alpha value is -3.57. The summed E-state index contributed by atoms with van der Waals surface area (Å²) in [6, 6.07) is 23.7. The van der Waals surface area contributed by atoms with Crippen molar-refractivity contribution in [1.29, 1.82) is 0 Å². The zero-order valence-corrected chi connectivity index (χ0v) is 20.2. The highest BCUT2D eigenvalue weighted by Crippen LogP contribution is 2.40. The molecule has 2 N–H and O–H groups in total. The molecule has 1 unspecified atom stereocenters. The van der Waals surface area contributed by atoms with E-state index in [9.17, 15) is 0 Å². The molecule has 0 amide bonds. The van der Waals surface area contributed by atoms with Gasteiger partial charge in [-0.15, -0.1) is 0 Å². The summed E-state index contributed by atoms with van der Waals surface area (Å²) in [6.07, 6.45) is 8.36. The van der Waals surface area contributed by atoms with Crippen LogP contribution in [0.5, 0.6) is 0 Å². The molecule has 1 saturated carbocycles. The van der Waals surface area contributed by atoms with Crippen molar-refractivity contribution < 1.29 is 0 Å². The van der Waals surface area contributed by atoms with E-state index in [1.54, 1.807) is 0 Å². The van der Waals surface area contributed by atoms with Crippen molar-refractivity contribution >= 4 is 17.1 Å². The van der Waals surface area contributed by atoms with E-state index in [2.05, 4.69) is 83.8 Å². The molecular weight excluding hydrogens is 430 g/mol. The number of nitrogens with two attached hydrogens (primary N) is 1. The SMILES string of the molecule is CCCN1CC(c2cc3cc(-c4ccccc4)c(-c4ccc(C5(N)CCC5)cc4)nc3cn2)C=N1. The van der Waals surface area contributed by atoms with Crippen LogP contribution in [0, 0.1) is 0 Å². The molecule has 4 aromatic rings. The van der Waals surface area contributed by atoms with Crippen molar-refractivity contribution in [3.63, 3.8) is 0 Å². The fraction of sp³-hybridized carbons (Fsp3) is 0.300. The molecule has 2 aromatic heterocycles. The Morgan fingerprint density at radius 1 is 1.00 bits per heavy atom.